The number of hydrogen-bond acceptors (Lipinski definition) is 8. The Morgan fingerprint density at radius 3 is 2.50 bits per heavy atom. The fraction of sp³-hybridized carbons (Fsp3) is 1.00. The lowest BCUT2D eigenvalue weighted by Crippen LogP contribution is -2.62. The van der Waals surface area contributed by atoms with Crippen LogP contribution in [0.2, 0.25) is 0 Å². The fourth-order valence-electron chi connectivity index (χ4n) is 1.17. The minimum absolute atomic E-state index is 0.486. The molecule has 0 aliphatic carbocycles. The molecule has 8 nitrogen and oxygen atoms in total. The van der Waals surface area contributed by atoms with Crippen LogP contribution >= 0.6 is 10.7 Å². The number of hydrogen-bond donors (Lipinski definition) is 4. The van der Waals surface area contributed by atoms with Gasteiger partial charge in [0.05, 0.1) is 6.61 Å². The van der Waals surface area contributed by atoms with E-state index >= 15 is 0 Å². The van der Waals surface area contributed by atoms with Gasteiger partial charge in [-0.25, -0.2) is 0 Å². The van der Waals surface area contributed by atoms with E-state index in [1.54, 1.807) is 0 Å². The summed E-state index contributed by atoms with van der Waals surface area (Å²) >= 11 is 0. The Kier molecular flexibility index (Phi) is 4.13. The summed E-state index contributed by atoms with van der Waals surface area (Å²) < 4.78 is 29.5. The topological polar surface area (TPSA) is 134 Å². The summed E-state index contributed by atoms with van der Waals surface area (Å²) in [4.78, 5) is 0. The van der Waals surface area contributed by atoms with Gasteiger partial charge < -0.3 is 25.2 Å². The molecule has 1 rings (SSSR count). The van der Waals surface area contributed by atoms with Gasteiger partial charge in [0.2, 0.25) is 5.79 Å². The number of ether oxygens (including phenoxy) is 1. The quantitative estimate of drug-likeness (QED) is 0.409. The SMILES string of the molecule is O=S(=O)(Cl)OCC1(O)OC[C@@H](O)[C@@H](O)[C@@H]1O. The molecule has 1 saturated heterocycles. The second-order valence-electron chi connectivity index (χ2n) is 3.31. The molecule has 1 aliphatic rings. The van der Waals surface area contributed by atoms with Crippen LogP contribution in [0.3, 0.4) is 0 Å². The highest BCUT2D eigenvalue weighted by atomic mass is 35.7. The van der Waals surface area contributed by atoms with Gasteiger partial charge >= 0.3 is 9.33 Å². The first kappa shape index (κ1) is 14.1. The van der Waals surface area contributed by atoms with E-state index in [9.17, 15) is 23.7 Å². The van der Waals surface area contributed by atoms with Crippen LogP contribution in [0.4, 0.5) is 0 Å². The third-order valence-corrected chi connectivity index (χ3v) is 2.76. The Hall–Kier alpha value is -0.0000000000000000971. The highest BCUT2D eigenvalue weighted by molar-refractivity contribution is 8.09. The first-order valence-corrected chi connectivity index (χ1v) is 6.39. The van der Waals surface area contributed by atoms with Gasteiger partial charge in [-0.2, -0.15) is 8.42 Å². The van der Waals surface area contributed by atoms with Gasteiger partial charge in [0.25, 0.3) is 0 Å². The van der Waals surface area contributed by atoms with Crippen molar-refractivity contribution >= 4 is 20.0 Å². The fourth-order valence-corrected chi connectivity index (χ4v) is 1.62. The molecule has 0 aromatic rings. The van der Waals surface area contributed by atoms with Crippen LogP contribution in [-0.2, 0) is 18.3 Å². The van der Waals surface area contributed by atoms with Gasteiger partial charge in [-0.3, -0.25) is 4.18 Å². The summed E-state index contributed by atoms with van der Waals surface area (Å²) in [6, 6.07) is 0. The van der Waals surface area contributed by atoms with E-state index in [0.717, 1.165) is 0 Å². The van der Waals surface area contributed by atoms with Crippen molar-refractivity contribution in [2.75, 3.05) is 13.2 Å². The van der Waals surface area contributed by atoms with E-state index in [0.29, 0.717) is 0 Å². The van der Waals surface area contributed by atoms with Crippen molar-refractivity contribution in [1.82, 2.24) is 0 Å². The zero-order valence-electron chi connectivity index (χ0n) is 7.85. The molecule has 1 unspecified atom stereocenters. The largest absolute Gasteiger partial charge is 0.388 e. The van der Waals surface area contributed by atoms with Gasteiger partial charge in [-0.05, 0) is 0 Å². The van der Waals surface area contributed by atoms with Crippen LogP contribution in [0, 0.1) is 0 Å². The molecule has 10 heteroatoms. The molecule has 0 bridgehead atoms. The molecule has 4 N–H and O–H groups in total. The Bertz CT molecular complexity index is 344. The van der Waals surface area contributed by atoms with Gasteiger partial charge in [0.1, 0.15) is 24.9 Å². The smallest absolute Gasteiger partial charge is 0.355 e. The molecule has 96 valence electrons. The molecular formula is C6H11ClO8S. The lowest BCUT2D eigenvalue weighted by Gasteiger charge is -2.40. The molecule has 0 aromatic carbocycles. The lowest BCUT2D eigenvalue weighted by molar-refractivity contribution is -0.328. The molecule has 1 heterocycles. The van der Waals surface area contributed by atoms with Crippen LogP contribution in [0.25, 0.3) is 0 Å². The molecule has 0 aromatic heterocycles. The lowest BCUT2D eigenvalue weighted by atomic mass is 9.98. The Morgan fingerprint density at radius 1 is 1.44 bits per heavy atom. The molecule has 0 saturated carbocycles. The third kappa shape index (κ3) is 3.25. The van der Waals surface area contributed by atoms with Crippen molar-refractivity contribution in [2.45, 2.75) is 24.1 Å². The molecule has 0 amide bonds. The zero-order chi connectivity index (χ0) is 12.6. The summed E-state index contributed by atoms with van der Waals surface area (Å²) in [5.41, 5.74) is 0. The summed E-state index contributed by atoms with van der Waals surface area (Å²) in [6.07, 6.45) is -4.99. The zero-order valence-corrected chi connectivity index (χ0v) is 9.43. The van der Waals surface area contributed by atoms with Crippen LogP contribution in [-0.4, -0.2) is 66.2 Å². The van der Waals surface area contributed by atoms with Crippen molar-refractivity contribution in [3.8, 4) is 0 Å². The summed E-state index contributed by atoms with van der Waals surface area (Å²) in [6.45, 7) is -1.48. The summed E-state index contributed by atoms with van der Waals surface area (Å²) in [7, 11) is 0.378. The normalized spacial score (nSPS) is 40.9. The number of aliphatic hydroxyl groups excluding tert-OH is 3. The Balaban J connectivity index is 2.70. The molecule has 0 radical (unpaired) electrons. The third-order valence-electron chi connectivity index (χ3n) is 2.09. The number of aliphatic hydroxyl groups is 4. The molecule has 1 fully saturated rings. The van der Waals surface area contributed by atoms with E-state index in [4.69, 9.17) is 15.8 Å². The van der Waals surface area contributed by atoms with Crippen LogP contribution < -0.4 is 0 Å². The molecular weight excluding hydrogens is 268 g/mol. The van der Waals surface area contributed by atoms with Gasteiger partial charge in [-0.15, -0.1) is 0 Å². The van der Waals surface area contributed by atoms with E-state index in [-0.39, 0.29) is 0 Å². The summed E-state index contributed by atoms with van der Waals surface area (Å²) in [5.74, 6) is -2.44. The Labute approximate surface area is 95.6 Å². The average molecular weight is 279 g/mol. The highest BCUT2D eigenvalue weighted by Crippen LogP contribution is 2.25. The van der Waals surface area contributed by atoms with Crippen molar-refractivity contribution in [1.29, 1.82) is 0 Å². The number of halogens is 1. The van der Waals surface area contributed by atoms with Crippen molar-refractivity contribution in [3.63, 3.8) is 0 Å². The van der Waals surface area contributed by atoms with Crippen LogP contribution in [0.15, 0.2) is 0 Å². The monoisotopic (exact) mass is 278 g/mol. The van der Waals surface area contributed by atoms with E-state index in [2.05, 4.69) is 8.92 Å². The maximum absolute atomic E-state index is 10.5. The Morgan fingerprint density at radius 2 is 2.00 bits per heavy atom. The molecule has 4 atom stereocenters. The molecule has 1 aliphatic heterocycles. The van der Waals surface area contributed by atoms with E-state index in [1.807, 2.05) is 0 Å². The first-order chi connectivity index (χ1) is 7.16. The highest BCUT2D eigenvalue weighted by Gasteiger charge is 2.49. The predicted molar refractivity (Wildman–Crippen MR) is 49.6 cm³/mol. The van der Waals surface area contributed by atoms with Gasteiger partial charge in [-0.1, -0.05) is 0 Å². The maximum Gasteiger partial charge on any atom is 0.355 e. The standard InChI is InChI=1S/C6H11ClO8S/c7-16(12,13)15-2-6(11)5(10)4(9)3(8)1-14-6/h3-5,8-11H,1-2H2/t3-,4-,5+,6?/m1/s1. The van der Waals surface area contributed by atoms with Crippen LogP contribution in [0.5, 0.6) is 0 Å². The van der Waals surface area contributed by atoms with Crippen molar-refractivity contribution < 1.29 is 37.8 Å². The minimum atomic E-state index is -4.34. The summed E-state index contributed by atoms with van der Waals surface area (Å²) in [5, 5.41) is 37.3. The molecule has 0 spiro atoms. The van der Waals surface area contributed by atoms with Crippen molar-refractivity contribution in [2.24, 2.45) is 0 Å². The van der Waals surface area contributed by atoms with Gasteiger partial charge in [0, 0.05) is 10.7 Å². The number of rotatable bonds is 3. The average Bonchev–Trinajstić information content (AvgIpc) is 2.18. The molecule has 16 heavy (non-hydrogen) atoms. The minimum Gasteiger partial charge on any atom is -0.388 e. The van der Waals surface area contributed by atoms with E-state index < -0.39 is 46.6 Å². The second-order valence-corrected chi connectivity index (χ2v) is 5.47. The second kappa shape index (κ2) is 4.70. The first-order valence-electron chi connectivity index (χ1n) is 4.15. The van der Waals surface area contributed by atoms with E-state index in [1.165, 1.54) is 0 Å². The predicted octanol–water partition coefficient (Wildman–Crippen LogP) is -2.71. The van der Waals surface area contributed by atoms with Gasteiger partial charge in [0.15, 0.2) is 0 Å². The maximum atomic E-state index is 10.5. The van der Waals surface area contributed by atoms with Crippen molar-refractivity contribution in [3.05, 3.63) is 0 Å². The van der Waals surface area contributed by atoms with Crippen LogP contribution in [0.1, 0.15) is 0 Å².